The number of rotatable bonds is 3. The zero-order chi connectivity index (χ0) is 15.8. The van der Waals surface area contributed by atoms with E-state index in [4.69, 9.17) is 10.4 Å². The second-order valence-corrected chi connectivity index (χ2v) is 6.78. The molecular formula is C12H12N4O3S2. The Morgan fingerprint density at radius 1 is 1.38 bits per heavy atom. The smallest absolute Gasteiger partial charge is 0.278 e. The number of hydrogen-bond donors (Lipinski definition) is 3. The van der Waals surface area contributed by atoms with Gasteiger partial charge < -0.3 is 5.32 Å². The predicted octanol–water partition coefficient (Wildman–Crippen LogP) is 1.32. The Kier molecular flexibility index (Phi) is 3.87. The Hall–Kier alpha value is -2.15. The normalized spacial score (nSPS) is 11.1. The topological polar surface area (TPSA) is 129 Å². The first-order valence-electron chi connectivity index (χ1n) is 5.76. The summed E-state index contributed by atoms with van der Waals surface area (Å²) in [6, 6.07) is 4.89. The molecule has 21 heavy (non-hydrogen) atoms. The van der Waals surface area contributed by atoms with E-state index >= 15 is 0 Å². The van der Waals surface area contributed by atoms with Gasteiger partial charge in [0.1, 0.15) is 11.1 Å². The van der Waals surface area contributed by atoms with Crippen LogP contribution in [0.5, 0.6) is 0 Å². The van der Waals surface area contributed by atoms with Crippen molar-refractivity contribution in [2.45, 2.75) is 18.7 Å². The molecule has 0 fully saturated rings. The van der Waals surface area contributed by atoms with Gasteiger partial charge in [-0.05, 0) is 48.6 Å². The molecule has 110 valence electrons. The molecule has 1 aromatic heterocycles. The lowest BCUT2D eigenvalue weighted by molar-refractivity contribution is 0.597. The molecule has 1 heterocycles. The molecule has 2 aromatic rings. The van der Waals surface area contributed by atoms with Gasteiger partial charge in [0.05, 0.1) is 4.90 Å². The maximum Gasteiger partial charge on any atom is 0.278 e. The Balaban J connectivity index is 2.54. The lowest BCUT2D eigenvalue weighted by Crippen LogP contribution is -2.14. The fourth-order valence-electron chi connectivity index (χ4n) is 1.82. The Labute approximate surface area is 125 Å². The van der Waals surface area contributed by atoms with Crippen LogP contribution in [-0.4, -0.2) is 12.8 Å². The summed E-state index contributed by atoms with van der Waals surface area (Å²) in [5.74, 6) is 0. The SMILES string of the molecule is Cc1cc(Nc2s[nH]c(=O)c2C#N)cc(S(N)(=O)=O)c1C. The van der Waals surface area contributed by atoms with E-state index in [0.717, 1.165) is 17.1 Å². The zero-order valence-corrected chi connectivity index (χ0v) is 12.9. The fourth-order valence-corrected chi connectivity index (χ4v) is 3.40. The molecule has 0 spiro atoms. The number of hydrogen-bond acceptors (Lipinski definition) is 6. The maximum absolute atomic E-state index is 11.6. The number of aryl methyl sites for hydroxylation is 1. The third-order valence-electron chi connectivity index (χ3n) is 3.00. The van der Waals surface area contributed by atoms with Crippen LogP contribution in [0.2, 0.25) is 0 Å². The molecule has 1 aromatic carbocycles. The number of aromatic amines is 1. The molecule has 0 saturated carbocycles. The van der Waals surface area contributed by atoms with Gasteiger partial charge in [0.2, 0.25) is 10.0 Å². The van der Waals surface area contributed by atoms with E-state index in [2.05, 4.69) is 9.69 Å². The number of nitrogens with one attached hydrogen (secondary N) is 2. The standard InChI is InChI=1S/C12H12N4O3S2/c1-6-3-8(4-10(7(6)2)21(14,18)19)15-12-9(5-13)11(17)16-20-12/h3-4,15H,1-2H3,(H,16,17)(H2,14,18,19). The van der Waals surface area contributed by atoms with Crippen molar-refractivity contribution in [2.24, 2.45) is 5.14 Å². The monoisotopic (exact) mass is 324 g/mol. The van der Waals surface area contributed by atoms with Crippen LogP contribution in [0.4, 0.5) is 10.7 Å². The molecule has 0 saturated heterocycles. The largest absolute Gasteiger partial charge is 0.345 e. The summed E-state index contributed by atoms with van der Waals surface area (Å²) in [6.45, 7) is 3.41. The molecule has 7 nitrogen and oxygen atoms in total. The second kappa shape index (κ2) is 5.33. The first-order chi connectivity index (χ1) is 9.74. The van der Waals surface area contributed by atoms with E-state index in [-0.39, 0.29) is 10.5 Å². The van der Waals surface area contributed by atoms with Crippen LogP contribution in [0.25, 0.3) is 0 Å². The van der Waals surface area contributed by atoms with Gasteiger partial charge in [0.25, 0.3) is 5.56 Å². The molecule has 4 N–H and O–H groups in total. The average molecular weight is 324 g/mol. The van der Waals surface area contributed by atoms with Crippen molar-refractivity contribution in [3.05, 3.63) is 39.2 Å². The van der Waals surface area contributed by atoms with Crippen molar-refractivity contribution in [1.29, 1.82) is 5.26 Å². The molecule has 0 aliphatic rings. The van der Waals surface area contributed by atoms with Gasteiger partial charge in [-0.15, -0.1) is 0 Å². The summed E-state index contributed by atoms with van der Waals surface area (Å²) in [5.41, 5.74) is 1.20. The molecule has 0 radical (unpaired) electrons. The van der Waals surface area contributed by atoms with Crippen LogP contribution in [0, 0.1) is 25.2 Å². The Morgan fingerprint density at radius 3 is 2.62 bits per heavy atom. The number of sulfonamides is 1. The van der Waals surface area contributed by atoms with Crippen molar-refractivity contribution < 1.29 is 8.42 Å². The molecule has 0 bridgehead atoms. The van der Waals surface area contributed by atoms with Gasteiger partial charge in [-0.3, -0.25) is 9.17 Å². The van der Waals surface area contributed by atoms with Gasteiger partial charge in [-0.25, -0.2) is 13.6 Å². The molecule has 9 heteroatoms. The van der Waals surface area contributed by atoms with Crippen molar-refractivity contribution in [3.8, 4) is 6.07 Å². The maximum atomic E-state index is 11.6. The summed E-state index contributed by atoms with van der Waals surface area (Å²) < 4.78 is 25.6. The minimum Gasteiger partial charge on any atom is -0.345 e. The highest BCUT2D eigenvalue weighted by molar-refractivity contribution is 7.89. The summed E-state index contributed by atoms with van der Waals surface area (Å²) in [4.78, 5) is 11.4. The van der Waals surface area contributed by atoms with Crippen LogP contribution in [0.3, 0.4) is 0 Å². The van der Waals surface area contributed by atoms with Gasteiger partial charge in [-0.2, -0.15) is 5.26 Å². The Bertz CT molecular complexity index is 904. The number of nitriles is 1. The van der Waals surface area contributed by atoms with Crippen LogP contribution < -0.4 is 16.0 Å². The van der Waals surface area contributed by atoms with E-state index in [1.165, 1.54) is 6.07 Å². The zero-order valence-electron chi connectivity index (χ0n) is 11.2. The molecule has 0 unspecified atom stereocenters. The number of aromatic nitrogens is 1. The predicted molar refractivity (Wildman–Crippen MR) is 80.2 cm³/mol. The third-order valence-corrected chi connectivity index (χ3v) is 4.83. The third kappa shape index (κ3) is 2.97. The molecular weight excluding hydrogens is 312 g/mol. The van der Waals surface area contributed by atoms with Crippen molar-refractivity contribution >= 4 is 32.2 Å². The summed E-state index contributed by atoms with van der Waals surface area (Å²) in [7, 11) is -3.85. The molecule has 2 rings (SSSR count). The van der Waals surface area contributed by atoms with Crippen molar-refractivity contribution in [1.82, 2.24) is 4.37 Å². The first-order valence-corrected chi connectivity index (χ1v) is 8.13. The highest BCUT2D eigenvalue weighted by atomic mass is 32.2. The number of primary sulfonamides is 1. The van der Waals surface area contributed by atoms with Gasteiger partial charge >= 0.3 is 0 Å². The number of benzene rings is 1. The van der Waals surface area contributed by atoms with Gasteiger partial charge in [0, 0.05) is 5.69 Å². The van der Waals surface area contributed by atoms with Crippen LogP contribution in [-0.2, 0) is 10.0 Å². The molecule has 0 aliphatic heterocycles. The summed E-state index contributed by atoms with van der Waals surface area (Å²) >= 11 is 0.967. The number of nitrogens with two attached hydrogens (primary N) is 1. The van der Waals surface area contributed by atoms with E-state index in [9.17, 15) is 13.2 Å². The van der Waals surface area contributed by atoms with E-state index in [1.807, 2.05) is 0 Å². The minimum absolute atomic E-state index is 0.00592. The second-order valence-electron chi connectivity index (χ2n) is 4.44. The lowest BCUT2D eigenvalue weighted by Gasteiger charge is -2.11. The van der Waals surface area contributed by atoms with Crippen LogP contribution in [0.15, 0.2) is 21.8 Å². The number of nitrogens with zero attached hydrogens (tertiary/aromatic N) is 1. The van der Waals surface area contributed by atoms with Crippen molar-refractivity contribution in [2.75, 3.05) is 5.32 Å². The quantitative estimate of drug-likeness (QED) is 0.784. The average Bonchev–Trinajstić information content (AvgIpc) is 2.72. The molecule has 0 amide bonds. The molecule has 0 atom stereocenters. The minimum atomic E-state index is -3.85. The lowest BCUT2D eigenvalue weighted by atomic mass is 10.1. The van der Waals surface area contributed by atoms with E-state index < -0.39 is 15.6 Å². The van der Waals surface area contributed by atoms with E-state index in [1.54, 1.807) is 26.0 Å². The molecule has 0 aliphatic carbocycles. The Morgan fingerprint density at radius 2 is 2.05 bits per heavy atom. The van der Waals surface area contributed by atoms with Crippen molar-refractivity contribution in [3.63, 3.8) is 0 Å². The fraction of sp³-hybridized carbons (Fsp3) is 0.167. The van der Waals surface area contributed by atoms with Crippen LogP contribution in [0.1, 0.15) is 16.7 Å². The van der Waals surface area contributed by atoms with Gasteiger partial charge in [0.15, 0.2) is 5.56 Å². The van der Waals surface area contributed by atoms with Gasteiger partial charge in [-0.1, -0.05) is 0 Å². The summed E-state index contributed by atoms with van der Waals surface area (Å²) in [5, 5.41) is 17.3. The summed E-state index contributed by atoms with van der Waals surface area (Å²) in [6.07, 6.45) is 0. The highest BCUT2D eigenvalue weighted by Gasteiger charge is 2.16. The number of anilines is 2. The highest BCUT2D eigenvalue weighted by Crippen LogP contribution is 2.27. The van der Waals surface area contributed by atoms with Crippen LogP contribution >= 0.6 is 11.5 Å². The number of H-pyrrole nitrogens is 1. The first kappa shape index (κ1) is 15.2. The van der Waals surface area contributed by atoms with E-state index in [0.29, 0.717) is 16.3 Å².